The molecule has 0 aliphatic heterocycles. The van der Waals surface area contributed by atoms with Crippen molar-refractivity contribution in [2.24, 2.45) is 5.14 Å². The van der Waals surface area contributed by atoms with E-state index in [1.54, 1.807) is 0 Å². The number of halogens is 2. The van der Waals surface area contributed by atoms with E-state index >= 15 is 0 Å². The summed E-state index contributed by atoms with van der Waals surface area (Å²) >= 11 is 5.74. The summed E-state index contributed by atoms with van der Waals surface area (Å²) < 4.78 is 62.1. The predicted molar refractivity (Wildman–Crippen MR) is 80.0 cm³/mol. The fourth-order valence-corrected chi connectivity index (χ4v) is 3.62. The molecule has 0 radical (unpaired) electrons. The number of nitrogens with one attached hydrogen (secondary N) is 1. The summed E-state index contributed by atoms with van der Waals surface area (Å²) in [5.74, 6) is -0.621. The lowest BCUT2D eigenvalue weighted by Crippen LogP contribution is -2.16. The quantitative estimate of drug-likeness (QED) is 0.864. The molecule has 0 aliphatic carbocycles. The lowest BCUT2D eigenvalue weighted by atomic mass is 10.3. The van der Waals surface area contributed by atoms with Gasteiger partial charge in [-0.1, -0.05) is 17.7 Å². The fourth-order valence-electron chi connectivity index (χ4n) is 1.59. The second-order valence-corrected chi connectivity index (χ2v) is 7.90. The minimum atomic E-state index is -4.11. The summed E-state index contributed by atoms with van der Waals surface area (Å²) in [5, 5.41) is 4.82. The maximum Gasteiger partial charge on any atom is 0.261 e. The Kier molecular flexibility index (Phi) is 4.43. The number of sulfonamides is 2. The Balaban J connectivity index is 2.43. The fraction of sp³-hybridized carbons (Fsp3) is 0. The first-order valence-corrected chi connectivity index (χ1v) is 9.11. The van der Waals surface area contributed by atoms with Crippen LogP contribution < -0.4 is 9.86 Å². The third kappa shape index (κ3) is 3.74. The molecule has 0 heterocycles. The molecule has 0 bridgehead atoms. The second kappa shape index (κ2) is 5.84. The van der Waals surface area contributed by atoms with Crippen molar-refractivity contribution in [2.45, 2.75) is 9.79 Å². The van der Waals surface area contributed by atoms with E-state index in [1.165, 1.54) is 18.2 Å². The third-order valence-electron chi connectivity index (χ3n) is 2.62. The minimum Gasteiger partial charge on any atom is -0.278 e. The van der Waals surface area contributed by atoms with Crippen molar-refractivity contribution in [3.05, 3.63) is 53.3 Å². The Morgan fingerprint density at radius 3 is 2.23 bits per heavy atom. The second-order valence-electron chi connectivity index (χ2n) is 4.25. The summed E-state index contributed by atoms with van der Waals surface area (Å²) in [5.41, 5.74) is -0.0379. The molecule has 22 heavy (non-hydrogen) atoms. The average molecular weight is 365 g/mol. The Morgan fingerprint density at radius 2 is 1.64 bits per heavy atom. The molecule has 0 fully saturated rings. The molecule has 2 aromatic carbocycles. The van der Waals surface area contributed by atoms with Crippen molar-refractivity contribution < 1.29 is 21.2 Å². The standard InChI is InChI=1S/C12H10ClFN2O4S2/c13-11-6-8(14)4-5-12(11)16-22(19,20)10-3-1-2-9(7-10)21(15,17)18/h1-7,16H,(H2,15,17,18). The average Bonchev–Trinajstić information content (AvgIpc) is 2.41. The van der Waals surface area contributed by atoms with E-state index in [2.05, 4.69) is 4.72 Å². The summed E-state index contributed by atoms with van der Waals surface area (Å²) in [4.78, 5) is -0.667. The first-order chi connectivity index (χ1) is 10.1. The van der Waals surface area contributed by atoms with Crippen LogP contribution in [-0.2, 0) is 20.0 Å². The van der Waals surface area contributed by atoms with Crippen molar-refractivity contribution in [1.82, 2.24) is 0 Å². The van der Waals surface area contributed by atoms with Crippen LogP contribution in [-0.4, -0.2) is 16.8 Å². The summed E-state index contributed by atoms with van der Waals surface area (Å²) in [6.07, 6.45) is 0. The molecular formula is C12H10ClFN2O4S2. The van der Waals surface area contributed by atoms with E-state index in [0.717, 1.165) is 24.3 Å². The predicted octanol–water partition coefficient (Wildman–Crippen LogP) is 1.93. The van der Waals surface area contributed by atoms with E-state index in [1.807, 2.05) is 0 Å². The molecule has 10 heteroatoms. The normalized spacial score (nSPS) is 12.1. The van der Waals surface area contributed by atoms with E-state index in [-0.39, 0.29) is 20.5 Å². The van der Waals surface area contributed by atoms with Crippen molar-refractivity contribution in [1.29, 1.82) is 0 Å². The highest BCUT2D eigenvalue weighted by Crippen LogP contribution is 2.25. The van der Waals surface area contributed by atoms with E-state index < -0.39 is 25.9 Å². The highest BCUT2D eigenvalue weighted by molar-refractivity contribution is 7.93. The summed E-state index contributed by atoms with van der Waals surface area (Å²) in [7, 11) is -8.15. The molecule has 0 atom stereocenters. The van der Waals surface area contributed by atoms with Gasteiger partial charge in [0.25, 0.3) is 10.0 Å². The Labute approximate surface area is 131 Å². The van der Waals surface area contributed by atoms with Crippen molar-refractivity contribution in [3.63, 3.8) is 0 Å². The molecule has 6 nitrogen and oxygen atoms in total. The molecule has 2 aromatic rings. The van der Waals surface area contributed by atoms with Gasteiger partial charge in [-0.25, -0.2) is 26.4 Å². The molecule has 118 valence electrons. The number of primary sulfonamides is 1. The lowest BCUT2D eigenvalue weighted by molar-refractivity contribution is 0.597. The van der Waals surface area contributed by atoms with Gasteiger partial charge in [0, 0.05) is 0 Å². The molecule has 0 aliphatic rings. The molecule has 3 N–H and O–H groups in total. The molecule has 0 spiro atoms. The van der Waals surface area contributed by atoms with Crippen molar-refractivity contribution >= 4 is 37.3 Å². The first kappa shape index (κ1) is 16.7. The SMILES string of the molecule is NS(=O)(=O)c1cccc(S(=O)(=O)Nc2ccc(F)cc2Cl)c1. The van der Waals surface area contributed by atoms with Crippen LogP contribution in [0.15, 0.2) is 52.3 Å². The van der Waals surface area contributed by atoms with Gasteiger partial charge in [0.2, 0.25) is 10.0 Å². The van der Waals surface area contributed by atoms with Crippen LogP contribution in [0.2, 0.25) is 5.02 Å². The van der Waals surface area contributed by atoms with Crippen molar-refractivity contribution in [2.75, 3.05) is 4.72 Å². The molecule has 2 rings (SSSR count). The molecule has 0 saturated heterocycles. The number of hydrogen-bond acceptors (Lipinski definition) is 4. The van der Waals surface area contributed by atoms with Gasteiger partial charge in [-0.2, -0.15) is 0 Å². The van der Waals surface area contributed by atoms with Crippen LogP contribution in [0.5, 0.6) is 0 Å². The number of hydrogen-bond donors (Lipinski definition) is 2. The highest BCUT2D eigenvalue weighted by atomic mass is 35.5. The van der Waals surface area contributed by atoms with Gasteiger partial charge < -0.3 is 0 Å². The zero-order valence-corrected chi connectivity index (χ0v) is 13.2. The number of nitrogens with two attached hydrogens (primary N) is 1. The van der Waals surface area contributed by atoms with Gasteiger partial charge in [0.1, 0.15) is 5.82 Å². The van der Waals surface area contributed by atoms with Gasteiger partial charge in [0.15, 0.2) is 0 Å². The first-order valence-electron chi connectivity index (χ1n) is 5.70. The molecule has 0 unspecified atom stereocenters. The van der Waals surface area contributed by atoms with Crippen LogP contribution in [0.3, 0.4) is 0 Å². The summed E-state index contributed by atoms with van der Waals surface area (Å²) in [6, 6.07) is 7.63. The maximum absolute atomic E-state index is 12.9. The van der Waals surface area contributed by atoms with E-state index in [4.69, 9.17) is 16.7 Å². The molecule has 0 saturated carbocycles. The minimum absolute atomic E-state index is 0.0379. The Morgan fingerprint density at radius 1 is 1.00 bits per heavy atom. The van der Waals surface area contributed by atoms with E-state index in [0.29, 0.717) is 0 Å². The Bertz CT molecular complexity index is 930. The van der Waals surface area contributed by atoms with Crippen LogP contribution in [0.25, 0.3) is 0 Å². The zero-order valence-electron chi connectivity index (χ0n) is 10.8. The van der Waals surface area contributed by atoms with Crippen LogP contribution in [0.1, 0.15) is 0 Å². The topological polar surface area (TPSA) is 106 Å². The van der Waals surface area contributed by atoms with Crippen LogP contribution in [0, 0.1) is 5.82 Å². The smallest absolute Gasteiger partial charge is 0.261 e. The van der Waals surface area contributed by atoms with Crippen molar-refractivity contribution in [3.8, 4) is 0 Å². The number of anilines is 1. The molecule has 0 aromatic heterocycles. The van der Waals surface area contributed by atoms with Crippen LogP contribution >= 0.6 is 11.6 Å². The van der Waals surface area contributed by atoms with Crippen LogP contribution in [0.4, 0.5) is 10.1 Å². The molecule has 0 amide bonds. The van der Waals surface area contributed by atoms with Gasteiger partial charge in [-0.05, 0) is 36.4 Å². The zero-order chi connectivity index (χ0) is 16.5. The number of benzene rings is 2. The summed E-state index contributed by atoms with van der Waals surface area (Å²) in [6.45, 7) is 0. The largest absolute Gasteiger partial charge is 0.278 e. The monoisotopic (exact) mass is 364 g/mol. The molecular weight excluding hydrogens is 355 g/mol. The van der Waals surface area contributed by atoms with Gasteiger partial charge in [-0.15, -0.1) is 0 Å². The Hall–Kier alpha value is -1.68. The highest BCUT2D eigenvalue weighted by Gasteiger charge is 2.18. The van der Waals surface area contributed by atoms with Gasteiger partial charge in [-0.3, -0.25) is 4.72 Å². The number of rotatable bonds is 4. The third-order valence-corrected chi connectivity index (χ3v) is 5.21. The van der Waals surface area contributed by atoms with Gasteiger partial charge >= 0.3 is 0 Å². The van der Waals surface area contributed by atoms with E-state index in [9.17, 15) is 21.2 Å². The lowest BCUT2D eigenvalue weighted by Gasteiger charge is -2.10. The van der Waals surface area contributed by atoms with Gasteiger partial charge in [0.05, 0.1) is 20.5 Å². The maximum atomic E-state index is 12.9.